The topological polar surface area (TPSA) is 60.1 Å². The zero-order chi connectivity index (χ0) is 12.4. The summed E-state index contributed by atoms with van der Waals surface area (Å²) < 4.78 is 9.95. The zero-order valence-corrected chi connectivity index (χ0v) is 9.82. The molecule has 0 atom stereocenters. The van der Waals surface area contributed by atoms with Crippen molar-refractivity contribution >= 4 is 17.0 Å². The lowest BCUT2D eigenvalue weighted by Gasteiger charge is -1.91. The minimum absolute atomic E-state index is 0.704. The quantitative estimate of drug-likeness (QED) is 0.387. The van der Waals surface area contributed by atoms with Crippen molar-refractivity contribution in [1.82, 2.24) is 19.4 Å². The van der Waals surface area contributed by atoms with Crippen LogP contribution in [0, 0.1) is 0 Å². The molecule has 0 radical (unpaired) electrons. The van der Waals surface area contributed by atoms with Gasteiger partial charge in [0.25, 0.3) is 5.65 Å². The van der Waals surface area contributed by atoms with E-state index in [1.807, 2.05) is 22.7 Å². The molecule has 4 aromatic rings. The smallest absolute Gasteiger partial charge is 0.390 e. The Morgan fingerprint density at radius 3 is 3.32 bits per heavy atom. The molecule has 0 amide bonds. The first-order valence-electron chi connectivity index (χ1n) is 6.00. The molecule has 0 unspecified atom stereocenters. The molecule has 0 fully saturated rings. The number of oxazole rings is 1. The van der Waals surface area contributed by atoms with Crippen LogP contribution >= 0.6 is 0 Å². The van der Waals surface area contributed by atoms with Gasteiger partial charge in [-0.2, -0.15) is 4.57 Å². The number of aromatic nitrogens is 5. The van der Waals surface area contributed by atoms with E-state index in [2.05, 4.69) is 19.5 Å². The van der Waals surface area contributed by atoms with Gasteiger partial charge in [-0.3, -0.25) is 9.97 Å². The first-order chi connectivity index (χ1) is 9.42. The summed E-state index contributed by atoms with van der Waals surface area (Å²) in [5.41, 5.74) is 4.44. The van der Waals surface area contributed by atoms with Crippen molar-refractivity contribution < 1.29 is 8.98 Å². The first-order valence-corrected chi connectivity index (χ1v) is 6.00. The Bertz CT molecular complexity index is 952. The molecule has 0 saturated heterocycles. The number of rotatable bonds is 0. The van der Waals surface area contributed by atoms with Crippen LogP contribution in [0.15, 0.2) is 41.3 Å². The standard InChI is InChI=1S/C13H8N5O/c1-2-8-9(15-3-1)7-18-11-13(19-12(8)18)17-5-4-14-6-10(17)16-11/h1-6H,7H2/q+1. The molecule has 19 heavy (non-hydrogen) atoms. The maximum atomic E-state index is 5.99. The van der Waals surface area contributed by atoms with Gasteiger partial charge in [0.1, 0.15) is 6.54 Å². The molecule has 6 nitrogen and oxygen atoms in total. The highest BCUT2D eigenvalue weighted by atomic mass is 16.4. The van der Waals surface area contributed by atoms with E-state index in [0.29, 0.717) is 6.54 Å². The molecule has 0 bridgehead atoms. The van der Waals surface area contributed by atoms with E-state index in [-0.39, 0.29) is 0 Å². The molecular weight excluding hydrogens is 242 g/mol. The minimum atomic E-state index is 0.704. The predicted octanol–water partition coefficient (Wildman–Crippen LogP) is 1.19. The summed E-state index contributed by atoms with van der Waals surface area (Å²) in [6.45, 7) is 0.704. The Balaban J connectivity index is 1.93. The van der Waals surface area contributed by atoms with Gasteiger partial charge in [0, 0.05) is 18.6 Å². The summed E-state index contributed by atoms with van der Waals surface area (Å²) >= 11 is 0. The van der Waals surface area contributed by atoms with Crippen LogP contribution in [0.3, 0.4) is 0 Å². The summed E-state index contributed by atoms with van der Waals surface area (Å²) in [4.78, 5) is 13.0. The average molecular weight is 250 g/mol. The zero-order valence-electron chi connectivity index (χ0n) is 9.82. The number of imidazole rings is 1. The molecule has 90 valence electrons. The Morgan fingerprint density at radius 1 is 1.32 bits per heavy atom. The molecule has 4 aromatic heterocycles. The molecule has 6 heteroatoms. The van der Waals surface area contributed by atoms with Crippen LogP contribution in [0.4, 0.5) is 0 Å². The molecule has 0 spiro atoms. The fourth-order valence-corrected chi connectivity index (χ4v) is 2.64. The lowest BCUT2D eigenvalue weighted by atomic mass is 10.2. The minimum Gasteiger partial charge on any atom is -0.396 e. The van der Waals surface area contributed by atoms with Crippen LogP contribution in [0.25, 0.3) is 28.5 Å². The normalized spacial score (nSPS) is 13.1. The number of nitrogens with zero attached hydrogens (tertiary/aromatic N) is 5. The van der Waals surface area contributed by atoms with Crippen LogP contribution in [-0.4, -0.2) is 19.4 Å². The molecule has 5 rings (SSSR count). The Hall–Kier alpha value is -2.76. The maximum Gasteiger partial charge on any atom is 0.390 e. The summed E-state index contributed by atoms with van der Waals surface area (Å²) in [6, 6.07) is 3.95. The highest BCUT2D eigenvalue weighted by Gasteiger charge is 2.34. The fourth-order valence-electron chi connectivity index (χ4n) is 2.64. The molecule has 0 aliphatic carbocycles. The molecule has 0 saturated carbocycles. The molecule has 0 aromatic carbocycles. The second-order valence-corrected chi connectivity index (χ2v) is 4.54. The largest absolute Gasteiger partial charge is 0.396 e. The summed E-state index contributed by atoms with van der Waals surface area (Å²) in [5, 5.41) is 0. The van der Waals surface area contributed by atoms with Gasteiger partial charge in [-0.25, -0.2) is 4.40 Å². The van der Waals surface area contributed by atoms with Gasteiger partial charge in [-0.1, -0.05) is 0 Å². The first kappa shape index (κ1) is 9.21. The van der Waals surface area contributed by atoms with Crippen LogP contribution in [0.2, 0.25) is 0 Å². The van der Waals surface area contributed by atoms with E-state index in [4.69, 9.17) is 4.42 Å². The van der Waals surface area contributed by atoms with E-state index in [1.54, 1.807) is 18.6 Å². The van der Waals surface area contributed by atoms with Gasteiger partial charge in [0.2, 0.25) is 0 Å². The van der Waals surface area contributed by atoms with Gasteiger partial charge < -0.3 is 4.42 Å². The van der Waals surface area contributed by atoms with Gasteiger partial charge in [0.05, 0.1) is 17.5 Å². The second kappa shape index (κ2) is 2.97. The second-order valence-electron chi connectivity index (χ2n) is 4.54. The summed E-state index contributed by atoms with van der Waals surface area (Å²) in [6.07, 6.45) is 7.11. The van der Waals surface area contributed by atoms with Crippen molar-refractivity contribution in [2.75, 3.05) is 0 Å². The number of hydrogen-bond acceptors (Lipinski definition) is 4. The Kier molecular flexibility index (Phi) is 1.44. The van der Waals surface area contributed by atoms with Crippen molar-refractivity contribution in [3.8, 4) is 11.5 Å². The summed E-state index contributed by atoms with van der Waals surface area (Å²) in [5.74, 6) is 0.826. The highest BCUT2D eigenvalue weighted by molar-refractivity contribution is 5.71. The van der Waals surface area contributed by atoms with E-state index in [9.17, 15) is 0 Å². The van der Waals surface area contributed by atoms with Gasteiger partial charge in [-0.15, -0.1) is 0 Å². The number of fused-ring (bicyclic) bond motifs is 7. The van der Waals surface area contributed by atoms with Crippen molar-refractivity contribution in [2.24, 2.45) is 0 Å². The molecule has 5 heterocycles. The number of hydrogen-bond donors (Lipinski definition) is 0. The van der Waals surface area contributed by atoms with Crippen LogP contribution in [-0.2, 0) is 6.54 Å². The van der Waals surface area contributed by atoms with Crippen molar-refractivity contribution in [2.45, 2.75) is 6.54 Å². The van der Waals surface area contributed by atoms with Crippen LogP contribution in [0.5, 0.6) is 0 Å². The monoisotopic (exact) mass is 250 g/mol. The van der Waals surface area contributed by atoms with Crippen LogP contribution < -0.4 is 4.57 Å². The SMILES string of the molecule is c1cnc2c(c1)-c1oc3c(nc4cnccn43)[n+]1C2. The summed E-state index contributed by atoms with van der Waals surface area (Å²) in [7, 11) is 0. The van der Waals surface area contributed by atoms with E-state index in [0.717, 1.165) is 34.2 Å². The van der Waals surface area contributed by atoms with Gasteiger partial charge >= 0.3 is 17.3 Å². The Morgan fingerprint density at radius 2 is 2.32 bits per heavy atom. The average Bonchev–Trinajstić information content (AvgIpc) is 3.07. The van der Waals surface area contributed by atoms with E-state index >= 15 is 0 Å². The molecule has 1 aliphatic rings. The third-order valence-corrected chi connectivity index (χ3v) is 3.49. The maximum absolute atomic E-state index is 5.99. The van der Waals surface area contributed by atoms with Gasteiger partial charge in [0.15, 0.2) is 0 Å². The van der Waals surface area contributed by atoms with E-state index in [1.165, 1.54) is 0 Å². The fraction of sp³-hybridized carbons (Fsp3) is 0.0769. The van der Waals surface area contributed by atoms with Crippen molar-refractivity contribution in [3.63, 3.8) is 0 Å². The number of pyridine rings is 1. The Labute approximate surface area is 107 Å². The predicted molar refractivity (Wildman–Crippen MR) is 65.3 cm³/mol. The molecule has 0 N–H and O–H groups in total. The van der Waals surface area contributed by atoms with E-state index < -0.39 is 0 Å². The third-order valence-electron chi connectivity index (χ3n) is 3.49. The van der Waals surface area contributed by atoms with Crippen molar-refractivity contribution in [1.29, 1.82) is 0 Å². The van der Waals surface area contributed by atoms with Crippen molar-refractivity contribution in [3.05, 3.63) is 42.6 Å². The molecule has 1 aliphatic heterocycles. The van der Waals surface area contributed by atoms with Crippen LogP contribution in [0.1, 0.15) is 5.69 Å². The lowest BCUT2D eigenvalue weighted by molar-refractivity contribution is -0.651. The van der Waals surface area contributed by atoms with Gasteiger partial charge in [-0.05, 0) is 17.1 Å². The highest BCUT2D eigenvalue weighted by Crippen LogP contribution is 2.29. The third kappa shape index (κ3) is 1.02. The lowest BCUT2D eigenvalue weighted by Crippen LogP contribution is -2.31. The molecular formula is C13H8N5O+.